The molecule has 2 N–H and O–H groups in total. The Hall–Kier alpha value is -1.62. The summed E-state index contributed by atoms with van der Waals surface area (Å²) in [4.78, 5) is 6.76. The number of rotatable bonds is 5. The Bertz CT molecular complexity index is 588. The highest BCUT2D eigenvalue weighted by molar-refractivity contribution is 7.99. The predicted molar refractivity (Wildman–Crippen MR) is 111 cm³/mol. The van der Waals surface area contributed by atoms with E-state index in [2.05, 4.69) is 63.2 Å². The van der Waals surface area contributed by atoms with Crippen LogP contribution in [-0.2, 0) is 6.54 Å². The van der Waals surface area contributed by atoms with E-state index in [-0.39, 0.29) is 0 Å². The summed E-state index contributed by atoms with van der Waals surface area (Å²) < 4.78 is 0. The highest BCUT2D eigenvalue weighted by Crippen LogP contribution is 2.26. The lowest BCUT2D eigenvalue weighted by Gasteiger charge is -2.29. The number of guanidine groups is 1. The molecule has 1 saturated carbocycles. The molecule has 1 fully saturated rings. The first-order chi connectivity index (χ1) is 12.3. The summed E-state index contributed by atoms with van der Waals surface area (Å²) in [5.41, 5.74) is 2.58. The molecule has 0 aromatic heterocycles. The molecule has 25 heavy (non-hydrogen) atoms. The van der Waals surface area contributed by atoms with Crippen molar-refractivity contribution in [3.63, 3.8) is 0 Å². The molecule has 2 aliphatic rings. The molecule has 1 aliphatic heterocycles. The molecule has 0 spiro atoms. The number of thioether (sulfide) groups is 1. The van der Waals surface area contributed by atoms with E-state index in [1.54, 1.807) is 0 Å². The Balaban J connectivity index is 1.47. The normalized spacial score (nSPS) is 23.8. The predicted octanol–water partition coefficient (Wildman–Crippen LogP) is 3.40. The maximum absolute atomic E-state index is 4.40. The highest BCUT2D eigenvalue weighted by atomic mass is 32.2. The van der Waals surface area contributed by atoms with Gasteiger partial charge in [0.05, 0.1) is 0 Å². The molecule has 1 aliphatic carbocycles. The third kappa shape index (κ3) is 5.18. The van der Waals surface area contributed by atoms with Crippen molar-refractivity contribution in [1.29, 1.82) is 0 Å². The number of nitrogens with one attached hydrogen (secondary N) is 2. The summed E-state index contributed by atoms with van der Waals surface area (Å²) >= 11 is 2.00. The maximum atomic E-state index is 4.40. The SMILES string of the molecule is CN=C(NCc1ccc(N2CC=CC2)cc1)NC1CCCC(SC)C1. The van der Waals surface area contributed by atoms with Crippen molar-refractivity contribution in [1.82, 2.24) is 10.6 Å². The Morgan fingerprint density at radius 2 is 1.96 bits per heavy atom. The standard InChI is InChI=1S/C20H30N4S/c1-21-20(23-17-6-5-7-19(14-17)25-2)22-15-16-8-10-18(11-9-16)24-12-3-4-13-24/h3-4,8-11,17,19H,5-7,12-15H2,1-2H3,(H2,21,22,23). The molecule has 1 aromatic carbocycles. The van der Waals surface area contributed by atoms with Gasteiger partial charge in [0, 0.05) is 43.7 Å². The molecule has 2 unspecified atom stereocenters. The van der Waals surface area contributed by atoms with Crippen LogP contribution in [0.5, 0.6) is 0 Å². The van der Waals surface area contributed by atoms with Gasteiger partial charge < -0.3 is 15.5 Å². The maximum Gasteiger partial charge on any atom is 0.191 e. The molecule has 136 valence electrons. The van der Waals surface area contributed by atoms with E-state index in [1.165, 1.54) is 36.9 Å². The highest BCUT2D eigenvalue weighted by Gasteiger charge is 2.21. The summed E-state index contributed by atoms with van der Waals surface area (Å²) in [5.74, 6) is 0.916. The lowest BCUT2D eigenvalue weighted by molar-refractivity contribution is 0.419. The molecule has 0 amide bonds. The van der Waals surface area contributed by atoms with Gasteiger partial charge >= 0.3 is 0 Å². The minimum atomic E-state index is 0.544. The van der Waals surface area contributed by atoms with Crippen LogP contribution in [0.1, 0.15) is 31.2 Å². The van der Waals surface area contributed by atoms with Crippen LogP contribution in [0.2, 0.25) is 0 Å². The van der Waals surface area contributed by atoms with Crippen LogP contribution in [0.15, 0.2) is 41.4 Å². The van der Waals surface area contributed by atoms with E-state index in [0.29, 0.717) is 6.04 Å². The van der Waals surface area contributed by atoms with Crippen molar-refractivity contribution in [3.05, 3.63) is 42.0 Å². The second kappa shape index (κ2) is 9.18. The van der Waals surface area contributed by atoms with Gasteiger partial charge in [0.15, 0.2) is 5.96 Å². The van der Waals surface area contributed by atoms with Gasteiger partial charge in [0.25, 0.3) is 0 Å². The van der Waals surface area contributed by atoms with Crippen LogP contribution in [0.4, 0.5) is 5.69 Å². The summed E-state index contributed by atoms with van der Waals surface area (Å²) in [6, 6.07) is 9.38. The van der Waals surface area contributed by atoms with Gasteiger partial charge in [0.1, 0.15) is 0 Å². The topological polar surface area (TPSA) is 39.7 Å². The van der Waals surface area contributed by atoms with Gasteiger partial charge in [-0.2, -0.15) is 11.8 Å². The monoisotopic (exact) mass is 358 g/mol. The third-order valence-electron chi connectivity index (χ3n) is 5.10. The van der Waals surface area contributed by atoms with Crippen LogP contribution in [0, 0.1) is 0 Å². The molecule has 1 aromatic rings. The van der Waals surface area contributed by atoms with Crippen molar-refractivity contribution in [2.45, 2.75) is 43.5 Å². The molecule has 5 heteroatoms. The Morgan fingerprint density at radius 3 is 2.64 bits per heavy atom. The van der Waals surface area contributed by atoms with Crippen LogP contribution in [-0.4, -0.2) is 43.6 Å². The van der Waals surface area contributed by atoms with Crippen LogP contribution in [0.3, 0.4) is 0 Å². The first-order valence-electron chi connectivity index (χ1n) is 9.27. The number of hydrogen-bond acceptors (Lipinski definition) is 3. The minimum Gasteiger partial charge on any atom is -0.364 e. The zero-order chi connectivity index (χ0) is 17.5. The van der Waals surface area contributed by atoms with E-state index in [9.17, 15) is 0 Å². The summed E-state index contributed by atoms with van der Waals surface area (Å²) in [7, 11) is 1.85. The molecular weight excluding hydrogens is 328 g/mol. The second-order valence-electron chi connectivity index (χ2n) is 6.83. The van der Waals surface area contributed by atoms with Crippen molar-refractivity contribution in [2.24, 2.45) is 4.99 Å². The van der Waals surface area contributed by atoms with Crippen molar-refractivity contribution >= 4 is 23.4 Å². The first kappa shape index (κ1) is 18.2. The van der Waals surface area contributed by atoms with E-state index in [1.807, 2.05) is 18.8 Å². The van der Waals surface area contributed by atoms with E-state index < -0.39 is 0 Å². The lowest BCUT2D eigenvalue weighted by Crippen LogP contribution is -2.45. The van der Waals surface area contributed by atoms with Gasteiger partial charge in [-0.3, -0.25) is 4.99 Å². The molecular formula is C20H30N4S. The third-order valence-corrected chi connectivity index (χ3v) is 6.20. The molecule has 0 radical (unpaired) electrons. The van der Waals surface area contributed by atoms with Gasteiger partial charge in [-0.05, 0) is 43.2 Å². The van der Waals surface area contributed by atoms with Crippen molar-refractivity contribution < 1.29 is 0 Å². The fourth-order valence-electron chi connectivity index (χ4n) is 3.58. The first-order valence-corrected chi connectivity index (χ1v) is 10.6. The van der Waals surface area contributed by atoms with Gasteiger partial charge in [-0.25, -0.2) is 0 Å². The number of aliphatic imine (C=N–C) groups is 1. The number of nitrogens with zero attached hydrogens (tertiary/aromatic N) is 2. The average molecular weight is 359 g/mol. The van der Waals surface area contributed by atoms with Crippen molar-refractivity contribution in [3.8, 4) is 0 Å². The van der Waals surface area contributed by atoms with Crippen LogP contribution >= 0.6 is 11.8 Å². The quantitative estimate of drug-likeness (QED) is 0.481. The largest absolute Gasteiger partial charge is 0.364 e. The van der Waals surface area contributed by atoms with Crippen molar-refractivity contribution in [2.75, 3.05) is 31.3 Å². The van der Waals surface area contributed by atoms with E-state index >= 15 is 0 Å². The van der Waals surface area contributed by atoms with E-state index in [4.69, 9.17) is 0 Å². The van der Waals surface area contributed by atoms with Crippen LogP contribution < -0.4 is 15.5 Å². The fourth-order valence-corrected chi connectivity index (χ4v) is 4.40. The molecule has 0 bridgehead atoms. The van der Waals surface area contributed by atoms with Gasteiger partial charge in [-0.1, -0.05) is 30.7 Å². The molecule has 1 heterocycles. The molecule has 0 saturated heterocycles. The summed E-state index contributed by atoms with van der Waals surface area (Å²) in [5, 5.41) is 7.86. The lowest BCUT2D eigenvalue weighted by atomic mass is 9.95. The Morgan fingerprint density at radius 1 is 1.20 bits per heavy atom. The van der Waals surface area contributed by atoms with Gasteiger partial charge in [-0.15, -0.1) is 0 Å². The molecule has 2 atom stereocenters. The molecule has 4 nitrogen and oxygen atoms in total. The number of benzene rings is 1. The number of hydrogen-bond donors (Lipinski definition) is 2. The zero-order valence-electron chi connectivity index (χ0n) is 15.4. The van der Waals surface area contributed by atoms with Gasteiger partial charge in [0.2, 0.25) is 0 Å². The summed E-state index contributed by atoms with van der Waals surface area (Å²) in [6.07, 6.45) is 11.8. The second-order valence-corrected chi connectivity index (χ2v) is 7.97. The fraction of sp³-hybridized carbons (Fsp3) is 0.550. The van der Waals surface area contributed by atoms with E-state index in [0.717, 1.165) is 30.8 Å². The average Bonchev–Trinajstić information content (AvgIpc) is 3.20. The smallest absolute Gasteiger partial charge is 0.191 e. The Labute approximate surface area is 156 Å². The summed E-state index contributed by atoms with van der Waals surface area (Å²) in [6.45, 7) is 2.84. The zero-order valence-corrected chi connectivity index (χ0v) is 16.2. The van der Waals surface area contributed by atoms with Crippen LogP contribution in [0.25, 0.3) is 0 Å². The Kier molecular flexibility index (Phi) is 6.68. The molecule has 3 rings (SSSR count). The number of anilines is 1. The minimum absolute atomic E-state index is 0.544.